The van der Waals surface area contributed by atoms with E-state index in [1.165, 1.54) is 11.3 Å². The number of ether oxygens (including phenoxy) is 2. The van der Waals surface area contributed by atoms with Crippen LogP contribution in [0.4, 0.5) is 0 Å². The molecule has 1 saturated heterocycles. The molecule has 2 aromatic rings. The number of amides is 2. The smallest absolute Gasteiger partial charge is 0.265 e. The van der Waals surface area contributed by atoms with Crippen LogP contribution in [0.1, 0.15) is 25.9 Å². The van der Waals surface area contributed by atoms with Crippen LogP contribution in [-0.4, -0.2) is 86.0 Å². The summed E-state index contributed by atoms with van der Waals surface area (Å²) < 4.78 is 10.6. The Morgan fingerprint density at radius 3 is 2.39 bits per heavy atom. The highest BCUT2D eigenvalue weighted by Gasteiger charge is 2.23. The van der Waals surface area contributed by atoms with Crippen LogP contribution in [0, 0.1) is 6.92 Å². The highest BCUT2D eigenvalue weighted by Crippen LogP contribution is 2.28. The maximum absolute atomic E-state index is 12.8. The number of aromatic nitrogens is 1. The summed E-state index contributed by atoms with van der Waals surface area (Å²) in [5.41, 5.74) is 1.68. The van der Waals surface area contributed by atoms with Crippen molar-refractivity contribution < 1.29 is 19.1 Å². The van der Waals surface area contributed by atoms with Crippen molar-refractivity contribution in [2.24, 2.45) is 0 Å². The number of benzene rings is 1. The third-order valence-electron chi connectivity index (χ3n) is 5.33. The van der Waals surface area contributed by atoms with Crippen LogP contribution in [0.25, 0.3) is 0 Å². The van der Waals surface area contributed by atoms with Crippen molar-refractivity contribution in [2.45, 2.75) is 19.9 Å². The second-order valence-corrected chi connectivity index (χ2v) is 8.83. The van der Waals surface area contributed by atoms with Gasteiger partial charge in [0.1, 0.15) is 9.88 Å². The summed E-state index contributed by atoms with van der Waals surface area (Å²) in [5, 5.41) is 0.938. The van der Waals surface area contributed by atoms with Crippen LogP contribution >= 0.6 is 11.3 Å². The van der Waals surface area contributed by atoms with E-state index in [0.717, 1.165) is 29.4 Å². The summed E-state index contributed by atoms with van der Waals surface area (Å²) in [6.07, 6.45) is 0.335. The number of piperazine rings is 1. The fourth-order valence-corrected chi connectivity index (χ4v) is 4.67. The van der Waals surface area contributed by atoms with E-state index < -0.39 is 0 Å². The van der Waals surface area contributed by atoms with Gasteiger partial charge in [0.15, 0.2) is 11.5 Å². The first-order valence-electron chi connectivity index (χ1n) is 10.2. The van der Waals surface area contributed by atoms with E-state index in [0.29, 0.717) is 42.4 Å². The first-order valence-corrected chi connectivity index (χ1v) is 11.0. The van der Waals surface area contributed by atoms with Gasteiger partial charge < -0.3 is 19.3 Å². The molecule has 0 bridgehead atoms. The number of carbonyl (C=O) groups is 2. The van der Waals surface area contributed by atoms with E-state index in [9.17, 15) is 9.59 Å². The van der Waals surface area contributed by atoms with Gasteiger partial charge in [-0.2, -0.15) is 0 Å². The van der Waals surface area contributed by atoms with E-state index in [1.807, 2.05) is 30.0 Å². The molecule has 0 radical (unpaired) electrons. The molecule has 0 N–H and O–H groups in total. The molecule has 168 valence electrons. The Morgan fingerprint density at radius 2 is 1.77 bits per heavy atom. The fraction of sp³-hybridized carbons (Fsp3) is 0.500. The number of hydrogen-bond donors (Lipinski definition) is 0. The molecular formula is C22H30N4O4S. The molecular weight excluding hydrogens is 416 g/mol. The van der Waals surface area contributed by atoms with Crippen LogP contribution < -0.4 is 9.47 Å². The zero-order chi connectivity index (χ0) is 22.5. The fourth-order valence-electron chi connectivity index (χ4n) is 3.55. The van der Waals surface area contributed by atoms with E-state index in [-0.39, 0.29) is 11.8 Å². The minimum absolute atomic E-state index is 0.00757. The molecule has 0 aliphatic carbocycles. The lowest BCUT2D eigenvalue weighted by molar-refractivity contribution is -0.132. The molecule has 2 heterocycles. The van der Waals surface area contributed by atoms with Gasteiger partial charge in [-0.1, -0.05) is 6.07 Å². The van der Waals surface area contributed by atoms with Crippen LogP contribution in [0.5, 0.6) is 11.5 Å². The average Bonchev–Trinajstić information content (AvgIpc) is 3.13. The van der Waals surface area contributed by atoms with Crippen LogP contribution in [-0.2, 0) is 17.8 Å². The summed E-state index contributed by atoms with van der Waals surface area (Å²) in [5.74, 6) is 1.38. The van der Waals surface area contributed by atoms with Gasteiger partial charge in [-0.05, 0) is 24.6 Å². The number of aryl methyl sites for hydroxylation is 1. The number of rotatable bonds is 7. The third-order valence-corrected chi connectivity index (χ3v) is 6.46. The van der Waals surface area contributed by atoms with E-state index in [1.54, 1.807) is 33.2 Å². The summed E-state index contributed by atoms with van der Waals surface area (Å²) in [6, 6.07) is 5.57. The molecule has 1 aliphatic rings. The molecule has 1 aliphatic heterocycles. The second-order valence-electron chi connectivity index (χ2n) is 7.74. The minimum atomic E-state index is -0.00757. The number of carbonyl (C=O) groups excluding carboxylic acids is 2. The second kappa shape index (κ2) is 10.1. The lowest BCUT2D eigenvalue weighted by Crippen LogP contribution is -2.48. The molecule has 1 fully saturated rings. The normalized spacial score (nSPS) is 14.4. The summed E-state index contributed by atoms with van der Waals surface area (Å²) >= 11 is 1.46. The van der Waals surface area contributed by atoms with Crippen molar-refractivity contribution in [3.8, 4) is 11.5 Å². The van der Waals surface area contributed by atoms with Crippen molar-refractivity contribution in [3.05, 3.63) is 39.3 Å². The Kier molecular flexibility index (Phi) is 7.50. The molecule has 1 aromatic carbocycles. The van der Waals surface area contributed by atoms with Gasteiger partial charge in [0, 0.05) is 40.3 Å². The van der Waals surface area contributed by atoms with Crippen molar-refractivity contribution in [1.29, 1.82) is 0 Å². The van der Waals surface area contributed by atoms with Crippen LogP contribution in [0.3, 0.4) is 0 Å². The van der Waals surface area contributed by atoms with Gasteiger partial charge in [-0.15, -0.1) is 11.3 Å². The monoisotopic (exact) mass is 446 g/mol. The Labute approximate surface area is 187 Å². The molecule has 31 heavy (non-hydrogen) atoms. The average molecular weight is 447 g/mol. The molecule has 8 nitrogen and oxygen atoms in total. The number of thiazole rings is 1. The summed E-state index contributed by atoms with van der Waals surface area (Å²) in [6.45, 7) is 5.51. The van der Waals surface area contributed by atoms with Gasteiger partial charge in [-0.3, -0.25) is 14.5 Å². The standard InChI is InChI=1S/C22H30N4O4S/c1-15-21(22(28)24(2)3)31-19(23-15)14-25-8-10-26(11-9-25)20(27)13-16-6-7-17(29-4)18(12-16)30-5/h6-7,12H,8-11,13-14H2,1-5H3. The lowest BCUT2D eigenvalue weighted by Gasteiger charge is -2.34. The van der Waals surface area contributed by atoms with E-state index >= 15 is 0 Å². The van der Waals surface area contributed by atoms with Crippen molar-refractivity contribution in [3.63, 3.8) is 0 Å². The summed E-state index contributed by atoms with van der Waals surface area (Å²) in [7, 11) is 6.68. The molecule has 0 atom stereocenters. The highest BCUT2D eigenvalue weighted by molar-refractivity contribution is 7.13. The molecule has 0 unspecified atom stereocenters. The number of nitrogens with zero attached hydrogens (tertiary/aromatic N) is 4. The Balaban J connectivity index is 1.53. The lowest BCUT2D eigenvalue weighted by atomic mass is 10.1. The maximum atomic E-state index is 12.8. The summed E-state index contributed by atoms with van der Waals surface area (Å²) in [4.78, 5) is 36.0. The predicted octanol–water partition coefficient (Wildman–Crippen LogP) is 2.06. The van der Waals surface area contributed by atoms with Gasteiger partial charge in [0.05, 0.1) is 32.9 Å². The van der Waals surface area contributed by atoms with Crippen molar-refractivity contribution in [1.82, 2.24) is 19.7 Å². The van der Waals surface area contributed by atoms with Gasteiger partial charge in [0.25, 0.3) is 5.91 Å². The highest BCUT2D eigenvalue weighted by atomic mass is 32.1. The molecule has 0 spiro atoms. The molecule has 2 amide bonds. The molecule has 3 rings (SSSR count). The zero-order valence-corrected chi connectivity index (χ0v) is 19.6. The Morgan fingerprint density at radius 1 is 1.10 bits per heavy atom. The van der Waals surface area contributed by atoms with Crippen molar-refractivity contribution in [2.75, 3.05) is 54.5 Å². The topological polar surface area (TPSA) is 75.2 Å². The van der Waals surface area contributed by atoms with Crippen LogP contribution in [0.15, 0.2) is 18.2 Å². The van der Waals surface area contributed by atoms with Gasteiger partial charge in [0.2, 0.25) is 5.91 Å². The first kappa shape index (κ1) is 23.0. The third kappa shape index (κ3) is 5.54. The number of hydrogen-bond acceptors (Lipinski definition) is 7. The maximum Gasteiger partial charge on any atom is 0.265 e. The van der Waals surface area contributed by atoms with Gasteiger partial charge in [-0.25, -0.2) is 4.98 Å². The van der Waals surface area contributed by atoms with Crippen LogP contribution in [0.2, 0.25) is 0 Å². The largest absolute Gasteiger partial charge is 0.493 e. The molecule has 0 saturated carbocycles. The Hall–Kier alpha value is -2.65. The quantitative estimate of drug-likeness (QED) is 0.648. The minimum Gasteiger partial charge on any atom is -0.493 e. The molecule has 1 aromatic heterocycles. The van der Waals surface area contributed by atoms with Gasteiger partial charge >= 0.3 is 0 Å². The van der Waals surface area contributed by atoms with E-state index in [4.69, 9.17) is 9.47 Å². The first-order chi connectivity index (χ1) is 14.8. The number of methoxy groups -OCH3 is 2. The van der Waals surface area contributed by atoms with E-state index in [2.05, 4.69) is 9.88 Å². The zero-order valence-electron chi connectivity index (χ0n) is 18.8. The SMILES string of the molecule is COc1ccc(CC(=O)N2CCN(Cc3nc(C)c(C(=O)N(C)C)s3)CC2)cc1OC. The predicted molar refractivity (Wildman–Crippen MR) is 120 cm³/mol. The van der Waals surface area contributed by atoms with Crippen molar-refractivity contribution >= 4 is 23.2 Å². The Bertz CT molecular complexity index is 936. The molecule has 9 heteroatoms.